The summed E-state index contributed by atoms with van der Waals surface area (Å²) >= 11 is 0. The number of benzene rings is 1. The minimum atomic E-state index is -4.86. The topological polar surface area (TPSA) is 74.4 Å². The molecule has 0 saturated heterocycles. The van der Waals surface area contributed by atoms with Crippen molar-refractivity contribution in [2.24, 2.45) is 0 Å². The fourth-order valence-corrected chi connectivity index (χ4v) is 1.85. The number of esters is 1. The van der Waals surface area contributed by atoms with Gasteiger partial charge in [0.05, 0.1) is 7.11 Å². The summed E-state index contributed by atoms with van der Waals surface area (Å²) in [6, 6.07) is 8.16. The van der Waals surface area contributed by atoms with Gasteiger partial charge in [0.15, 0.2) is 5.69 Å². The van der Waals surface area contributed by atoms with Crippen molar-refractivity contribution in [3.63, 3.8) is 0 Å². The molecule has 0 aliphatic rings. The molecule has 1 heterocycles. The zero-order valence-corrected chi connectivity index (χ0v) is 11.3. The SMILES string of the molecule is COC(=O)c1nc(N)ccc1-c1ccccc1OC(F)(F)F. The molecular weight excluding hydrogens is 301 g/mol. The number of ether oxygens (including phenoxy) is 2. The van der Waals surface area contributed by atoms with Gasteiger partial charge in [-0.1, -0.05) is 18.2 Å². The average molecular weight is 312 g/mol. The number of methoxy groups -OCH3 is 1. The average Bonchev–Trinajstić information content (AvgIpc) is 2.45. The number of nitrogens with zero attached hydrogens (tertiary/aromatic N) is 1. The van der Waals surface area contributed by atoms with E-state index in [2.05, 4.69) is 14.5 Å². The molecule has 0 unspecified atom stereocenters. The maximum Gasteiger partial charge on any atom is 0.573 e. The van der Waals surface area contributed by atoms with E-state index in [1.807, 2.05) is 0 Å². The summed E-state index contributed by atoms with van der Waals surface area (Å²) in [5.74, 6) is -1.23. The molecule has 2 aromatic rings. The van der Waals surface area contributed by atoms with E-state index < -0.39 is 18.1 Å². The van der Waals surface area contributed by atoms with Crippen LogP contribution in [-0.2, 0) is 4.74 Å². The Bertz CT molecular complexity index is 702. The van der Waals surface area contributed by atoms with Gasteiger partial charge in [-0.05, 0) is 18.2 Å². The molecule has 1 aromatic carbocycles. The van der Waals surface area contributed by atoms with E-state index in [0.717, 1.165) is 13.2 Å². The lowest BCUT2D eigenvalue weighted by Gasteiger charge is -2.14. The van der Waals surface area contributed by atoms with Crippen LogP contribution in [0.25, 0.3) is 11.1 Å². The summed E-state index contributed by atoms with van der Waals surface area (Å²) < 4.78 is 46.0. The molecule has 5 nitrogen and oxygen atoms in total. The van der Waals surface area contributed by atoms with Crippen molar-refractivity contribution < 1.29 is 27.4 Å². The standard InChI is InChI=1S/C14H11F3N2O3/c1-21-13(20)12-9(6-7-11(18)19-12)8-4-2-3-5-10(8)22-14(15,16)17/h2-7H,1H3,(H2,18,19). The number of carbonyl (C=O) groups is 1. The first-order chi connectivity index (χ1) is 10.3. The Labute approximate surface area is 123 Å². The minimum absolute atomic E-state index is 0.0402. The highest BCUT2D eigenvalue weighted by Crippen LogP contribution is 2.35. The Kier molecular flexibility index (Phi) is 4.20. The number of alkyl halides is 3. The van der Waals surface area contributed by atoms with Crippen LogP contribution in [0.4, 0.5) is 19.0 Å². The minimum Gasteiger partial charge on any atom is -0.464 e. The second-order valence-electron chi connectivity index (χ2n) is 4.17. The van der Waals surface area contributed by atoms with Crippen LogP contribution in [-0.4, -0.2) is 24.4 Å². The molecule has 22 heavy (non-hydrogen) atoms. The third-order valence-electron chi connectivity index (χ3n) is 2.70. The number of nitrogen functional groups attached to an aromatic ring is 1. The third kappa shape index (κ3) is 3.46. The van der Waals surface area contributed by atoms with E-state index >= 15 is 0 Å². The number of carbonyl (C=O) groups excluding carboxylic acids is 1. The number of anilines is 1. The molecule has 2 N–H and O–H groups in total. The predicted molar refractivity (Wildman–Crippen MR) is 72.1 cm³/mol. The van der Waals surface area contributed by atoms with Gasteiger partial charge in [0.2, 0.25) is 0 Å². The summed E-state index contributed by atoms with van der Waals surface area (Å²) in [7, 11) is 1.13. The maximum atomic E-state index is 12.5. The predicted octanol–water partition coefficient (Wildman–Crippen LogP) is 3.02. The Hall–Kier alpha value is -2.77. The Morgan fingerprint density at radius 2 is 1.82 bits per heavy atom. The number of para-hydroxylation sites is 1. The quantitative estimate of drug-likeness (QED) is 0.882. The van der Waals surface area contributed by atoms with E-state index in [-0.39, 0.29) is 22.6 Å². The third-order valence-corrected chi connectivity index (χ3v) is 2.70. The molecule has 0 bridgehead atoms. The van der Waals surface area contributed by atoms with Gasteiger partial charge < -0.3 is 15.2 Å². The monoisotopic (exact) mass is 312 g/mol. The van der Waals surface area contributed by atoms with E-state index in [0.29, 0.717) is 0 Å². The summed E-state index contributed by atoms with van der Waals surface area (Å²) in [6.07, 6.45) is -4.86. The molecule has 8 heteroatoms. The molecule has 0 radical (unpaired) electrons. The first-order valence-electron chi connectivity index (χ1n) is 6.02. The van der Waals surface area contributed by atoms with Crippen molar-refractivity contribution in [3.05, 3.63) is 42.1 Å². The van der Waals surface area contributed by atoms with Crippen LogP contribution >= 0.6 is 0 Å². The Morgan fingerprint density at radius 3 is 2.45 bits per heavy atom. The van der Waals surface area contributed by atoms with Crippen molar-refractivity contribution in [2.45, 2.75) is 6.36 Å². The fourth-order valence-electron chi connectivity index (χ4n) is 1.85. The number of hydrogen-bond donors (Lipinski definition) is 1. The molecule has 0 aliphatic carbocycles. The Balaban J connectivity index is 2.60. The first-order valence-corrected chi connectivity index (χ1v) is 6.02. The number of rotatable bonds is 3. The van der Waals surface area contributed by atoms with E-state index in [1.54, 1.807) is 0 Å². The van der Waals surface area contributed by atoms with E-state index in [4.69, 9.17) is 5.73 Å². The number of halogens is 3. The molecule has 0 amide bonds. The molecule has 0 spiro atoms. The highest BCUT2D eigenvalue weighted by atomic mass is 19.4. The van der Waals surface area contributed by atoms with Crippen molar-refractivity contribution in [1.29, 1.82) is 0 Å². The molecule has 0 atom stereocenters. The molecule has 1 aromatic heterocycles. The highest BCUT2D eigenvalue weighted by molar-refractivity contribution is 5.96. The lowest BCUT2D eigenvalue weighted by atomic mass is 10.0. The summed E-state index contributed by atoms with van der Waals surface area (Å²) in [6.45, 7) is 0. The van der Waals surface area contributed by atoms with Gasteiger partial charge in [-0.3, -0.25) is 0 Å². The lowest BCUT2D eigenvalue weighted by molar-refractivity contribution is -0.274. The van der Waals surface area contributed by atoms with Crippen LogP contribution in [0, 0.1) is 0 Å². The smallest absolute Gasteiger partial charge is 0.464 e. The molecule has 116 valence electrons. The number of aromatic nitrogens is 1. The van der Waals surface area contributed by atoms with Crippen molar-refractivity contribution in [1.82, 2.24) is 4.98 Å². The zero-order chi connectivity index (χ0) is 16.3. The van der Waals surface area contributed by atoms with Gasteiger partial charge >= 0.3 is 12.3 Å². The molecule has 2 rings (SSSR count). The normalized spacial score (nSPS) is 11.1. The number of hydrogen-bond acceptors (Lipinski definition) is 5. The summed E-state index contributed by atoms with van der Waals surface area (Å²) in [5, 5.41) is 0. The Morgan fingerprint density at radius 1 is 1.14 bits per heavy atom. The second-order valence-corrected chi connectivity index (χ2v) is 4.17. The molecular formula is C14H11F3N2O3. The van der Waals surface area contributed by atoms with Gasteiger partial charge in [-0.15, -0.1) is 13.2 Å². The van der Waals surface area contributed by atoms with Crippen molar-refractivity contribution in [3.8, 4) is 16.9 Å². The van der Waals surface area contributed by atoms with Crippen LogP contribution in [0.3, 0.4) is 0 Å². The van der Waals surface area contributed by atoms with Gasteiger partial charge in [0.1, 0.15) is 11.6 Å². The first kappa shape index (κ1) is 15.6. The molecule has 0 saturated carbocycles. The fraction of sp³-hybridized carbons (Fsp3) is 0.143. The lowest BCUT2D eigenvalue weighted by Crippen LogP contribution is -2.18. The summed E-state index contributed by atoms with van der Waals surface area (Å²) in [4.78, 5) is 15.6. The summed E-state index contributed by atoms with van der Waals surface area (Å²) in [5.41, 5.74) is 5.49. The largest absolute Gasteiger partial charge is 0.573 e. The zero-order valence-electron chi connectivity index (χ0n) is 11.3. The van der Waals surface area contributed by atoms with Gasteiger partial charge in [0, 0.05) is 11.1 Å². The second kappa shape index (κ2) is 5.92. The number of nitrogens with two attached hydrogens (primary N) is 1. The highest BCUT2D eigenvalue weighted by Gasteiger charge is 2.32. The van der Waals surface area contributed by atoms with Gasteiger partial charge in [-0.2, -0.15) is 0 Å². The number of pyridine rings is 1. The molecule has 0 aliphatic heterocycles. The van der Waals surface area contributed by atoms with Crippen LogP contribution in [0.2, 0.25) is 0 Å². The van der Waals surface area contributed by atoms with E-state index in [1.165, 1.54) is 30.3 Å². The van der Waals surface area contributed by atoms with Crippen LogP contribution < -0.4 is 10.5 Å². The van der Waals surface area contributed by atoms with Gasteiger partial charge in [-0.25, -0.2) is 9.78 Å². The maximum absolute atomic E-state index is 12.5. The van der Waals surface area contributed by atoms with Crippen molar-refractivity contribution in [2.75, 3.05) is 12.8 Å². The van der Waals surface area contributed by atoms with E-state index in [9.17, 15) is 18.0 Å². The van der Waals surface area contributed by atoms with Crippen LogP contribution in [0.1, 0.15) is 10.5 Å². The molecule has 0 fully saturated rings. The van der Waals surface area contributed by atoms with Gasteiger partial charge in [0.25, 0.3) is 0 Å². The van der Waals surface area contributed by atoms with Crippen LogP contribution in [0.5, 0.6) is 5.75 Å². The van der Waals surface area contributed by atoms with Crippen molar-refractivity contribution >= 4 is 11.8 Å². The van der Waals surface area contributed by atoms with Crippen LogP contribution in [0.15, 0.2) is 36.4 Å².